The molecule has 2 aromatic heterocycles. The molecule has 3 heterocycles. The Morgan fingerprint density at radius 3 is 2.72 bits per heavy atom. The fourth-order valence-electron chi connectivity index (χ4n) is 1.96. The summed E-state index contributed by atoms with van der Waals surface area (Å²) in [5, 5.41) is 3.75. The van der Waals surface area contributed by atoms with Crippen LogP contribution in [-0.2, 0) is 0 Å². The van der Waals surface area contributed by atoms with Gasteiger partial charge in [-0.2, -0.15) is 4.98 Å². The number of amides is 1. The Morgan fingerprint density at radius 1 is 1.39 bits per heavy atom. The van der Waals surface area contributed by atoms with Gasteiger partial charge in [-0.05, 0) is 19.1 Å². The maximum Gasteiger partial charge on any atom is 0.254 e. The average Bonchev–Trinajstić information content (AvgIpc) is 2.75. The molecule has 1 amide bonds. The Balaban J connectivity index is 1.64. The van der Waals surface area contributed by atoms with Crippen LogP contribution in [0.1, 0.15) is 28.0 Å². The first-order valence-electron chi connectivity index (χ1n) is 5.73. The third-order valence-corrected chi connectivity index (χ3v) is 2.99. The second-order valence-electron chi connectivity index (χ2n) is 4.32. The summed E-state index contributed by atoms with van der Waals surface area (Å²) in [5.41, 5.74) is 0.658. The molecule has 0 N–H and O–H groups in total. The summed E-state index contributed by atoms with van der Waals surface area (Å²) in [5.74, 6) is 1.43. The van der Waals surface area contributed by atoms with E-state index in [0.29, 0.717) is 30.4 Å². The molecule has 1 aliphatic heterocycles. The maximum atomic E-state index is 12.0. The van der Waals surface area contributed by atoms with E-state index in [2.05, 4.69) is 15.1 Å². The van der Waals surface area contributed by atoms with E-state index in [-0.39, 0.29) is 11.8 Å². The van der Waals surface area contributed by atoms with Crippen LogP contribution in [0.25, 0.3) is 0 Å². The minimum absolute atomic E-state index is 0.0184. The summed E-state index contributed by atoms with van der Waals surface area (Å²) in [7, 11) is 0. The highest BCUT2D eigenvalue weighted by Crippen LogP contribution is 2.26. The van der Waals surface area contributed by atoms with Crippen molar-refractivity contribution in [2.45, 2.75) is 12.8 Å². The van der Waals surface area contributed by atoms with Crippen molar-refractivity contribution >= 4 is 5.91 Å². The van der Waals surface area contributed by atoms with E-state index in [9.17, 15) is 4.79 Å². The predicted octanol–water partition coefficient (Wildman–Crippen LogP) is 1.01. The van der Waals surface area contributed by atoms with Crippen molar-refractivity contribution in [3.8, 4) is 0 Å². The summed E-state index contributed by atoms with van der Waals surface area (Å²) < 4.78 is 5.09. The molecule has 0 atom stereocenters. The minimum Gasteiger partial charge on any atom is -0.339 e. The number of hydrogen-bond acceptors (Lipinski definition) is 5. The molecular formula is C12H12N4O2. The quantitative estimate of drug-likeness (QED) is 0.788. The Labute approximate surface area is 104 Å². The maximum absolute atomic E-state index is 12.0. The van der Waals surface area contributed by atoms with Crippen LogP contribution in [0.5, 0.6) is 0 Å². The van der Waals surface area contributed by atoms with E-state index >= 15 is 0 Å². The summed E-state index contributed by atoms with van der Waals surface area (Å²) in [6.45, 7) is 3.04. The lowest BCUT2D eigenvalue weighted by Gasteiger charge is -2.37. The normalized spacial score (nSPS) is 15.5. The zero-order chi connectivity index (χ0) is 12.5. The van der Waals surface area contributed by atoms with Crippen LogP contribution >= 0.6 is 0 Å². The van der Waals surface area contributed by atoms with E-state index in [4.69, 9.17) is 4.52 Å². The van der Waals surface area contributed by atoms with Gasteiger partial charge in [0.15, 0.2) is 5.82 Å². The molecule has 0 unspecified atom stereocenters. The number of carbonyl (C=O) groups excluding carboxylic acids is 1. The highest BCUT2D eigenvalue weighted by molar-refractivity contribution is 5.94. The lowest BCUT2D eigenvalue weighted by Crippen LogP contribution is -2.48. The molecule has 0 aliphatic carbocycles. The summed E-state index contributed by atoms with van der Waals surface area (Å²) in [6.07, 6.45) is 3.23. The third-order valence-electron chi connectivity index (χ3n) is 2.99. The lowest BCUT2D eigenvalue weighted by atomic mass is 9.99. The Bertz CT molecular complexity index is 560. The van der Waals surface area contributed by atoms with Crippen LogP contribution in [0, 0.1) is 6.92 Å². The van der Waals surface area contributed by atoms with Crippen molar-refractivity contribution in [3.05, 3.63) is 41.8 Å². The summed E-state index contributed by atoms with van der Waals surface area (Å²) in [6, 6.07) is 3.43. The Kier molecular flexibility index (Phi) is 2.55. The second-order valence-corrected chi connectivity index (χ2v) is 4.32. The monoisotopic (exact) mass is 244 g/mol. The molecule has 3 rings (SSSR count). The van der Waals surface area contributed by atoms with E-state index in [1.165, 1.54) is 0 Å². The van der Waals surface area contributed by atoms with Crippen LogP contribution in [0.15, 0.2) is 29.0 Å². The SMILES string of the molecule is Cc1noc(C2CN(C(=O)c3ccncc3)C2)n1. The van der Waals surface area contributed by atoms with Gasteiger partial charge in [0.1, 0.15) is 0 Å². The van der Waals surface area contributed by atoms with E-state index in [1.807, 2.05) is 0 Å². The molecule has 1 fully saturated rings. The molecule has 0 saturated carbocycles. The van der Waals surface area contributed by atoms with Gasteiger partial charge < -0.3 is 9.42 Å². The highest BCUT2D eigenvalue weighted by Gasteiger charge is 2.35. The van der Waals surface area contributed by atoms with Crippen LogP contribution in [0.4, 0.5) is 0 Å². The number of carbonyl (C=O) groups is 1. The molecule has 6 nitrogen and oxygen atoms in total. The van der Waals surface area contributed by atoms with Crippen molar-refractivity contribution in [3.63, 3.8) is 0 Å². The van der Waals surface area contributed by atoms with Crippen molar-refractivity contribution in [2.75, 3.05) is 13.1 Å². The molecule has 92 valence electrons. The van der Waals surface area contributed by atoms with Gasteiger partial charge in [0.05, 0.1) is 5.92 Å². The number of aromatic nitrogens is 3. The van der Waals surface area contributed by atoms with Gasteiger partial charge in [-0.1, -0.05) is 5.16 Å². The number of rotatable bonds is 2. The van der Waals surface area contributed by atoms with Gasteiger partial charge in [-0.3, -0.25) is 9.78 Å². The number of pyridine rings is 1. The Morgan fingerprint density at radius 2 is 2.11 bits per heavy atom. The third kappa shape index (κ3) is 1.85. The van der Waals surface area contributed by atoms with Crippen LogP contribution in [0.2, 0.25) is 0 Å². The largest absolute Gasteiger partial charge is 0.339 e. The van der Waals surface area contributed by atoms with Crippen LogP contribution in [-0.4, -0.2) is 39.0 Å². The first-order valence-corrected chi connectivity index (χ1v) is 5.73. The highest BCUT2D eigenvalue weighted by atomic mass is 16.5. The van der Waals surface area contributed by atoms with Crippen LogP contribution < -0.4 is 0 Å². The fourth-order valence-corrected chi connectivity index (χ4v) is 1.96. The van der Waals surface area contributed by atoms with E-state index in [0.717, 1.165) is 0 Å². The average molecular weight is 244 g/mol. The molecular weight excluding hydrogens is 232 g/mol. The fraction of sp³-hybridized carbons (Fsp3) is 0.333. The van der Waals surface area contributed by atoms with Gasteiger partial charge in [0.25, 0.3) is 5.91 Å². The molecule has 0 spiro atoms. The first-order chi connectivity index (χ1) is 8.74. The van der Waals surface area contributed by atoms with Gasteiger partial charge in [0.2, 0.25) is 5.89 Å². The first kappa shape index (κ1) is 10.9. The molecule has 0 aromatic carbocycles. The second kappa shape index (κ2) is 4.21. The zero-order valence-electron chi connectivity index (χ0n) is 9.91. The standard InChI is InChI=1S/C12H12N4O2/c1-8-14-11(18-15-8)10-6-16(7-10)12(17)9-2-4-13-5-3-9/h2-5,10H,6-7H2,1H3. The molecule has 2 aromatic rings. The van der Waals surface area contributed by atoms with Gasteiger partial charge in [0, 0.05) is 31.0 Å². The molecule has 0 bridgehead atoms. The molecule has 1 aliphatic rings. The van der Waals surface area contributed by atoms with Crippen molar-refractivity contribution in [1.29, 1.82) is 0 Å². The summed E-state index contributed by atoms with van der Waals surface area (Å²) >= 11 is 0. The van der Waals surface area contributed by atoms with Crippen molar-refractivity contribution < 1.29 is 9.32 Å². The van der Waals surface area contributed by atoms with E-state index < -0.39 is 0 Å². The molecule has 6 heteroatoms. The van der Waals surface area contributed by atoms with Gasteiger partial charge in [-0.15, -0.1) is 0 Å². The minimum atomic E-state index is 0.0184. The molecule has 1 saturated heterocycles. The number of nitrogens with zero attached hydrogens (tertiary/aromatic N) is 4. The zero-order valence-corrected chi connectivity index (χ0v) is 9.91. The van der Waals surface area contributed by atoms with Gasteiger partial charge in [-0.25, -0.2) is 0 Å². The number of aryl methyl sites for hydroxylation is 1. The topological polar surface area (TPSA) is 72.1 Å². The summed E-state index contributed by atoms with van der Waals surface area (Å²) in [4.78, 5) is 21.9. The molecule has 18 heavy (non-hydrogen) atoms. The molecule has 0 radical (unpaired) electrons. The predicted molar refractivity (Wildman–Crippen MR) is 61.9 cm³/mol. The van der Waals surface area contributed by atoms with Crippen molar-refractivity contribution in [1.82, 2.24) is 20.0 Å². The number of hydrogen-bond donors (Lipinski definition) is 0. The lowest BCUT2D eigenvalue weighted by molar-refractivity contribution is 0.0569. The van der Waals surface area contributed by atoms with E-state index in [1.54, 1.807) is 36.4 Å². The number of likely N-dealkylation sites (tertiary alicyclic amines) is 1. The van der Waals surface area contributed by atoms with Crippen molar-refractivity contribution in [2.24, 2.45) is 0 Å². The van der Waals surface area contributed by atoms with Gasteiger partial charge >= 0.3 is 0 Å². The van der Waals surface area contributed by atoms with Crippen LogP contribution in [0.3, 0.4) is 0 Å². The Hall–Kier alpha value is -2.24. The smallest absolute Gasteiger partial charge is 0.254 e.